The molecule has 0 radical (unpaired) electrons. The Morgan fingerprint density at radius 1 is 0.711 bits per heavy atom. The van der Waals surface area contributed by atoms with Gasteiger partial charge in [0, 0.05) is 60.0 Å². The first-order valence-corrected chi connectivity index (χ1v) is 29.5. The van der Waals surface area contributed by atoms with Crippen molar-refractivity contribution in [2.75, 3.05) is 142 Å². The summed E-state index contributed by atoms with van der Waals surface area (Å²) >= 11 is 0. The average Bonchev–Trinajstić information content (AvgIpc) is 3.56. The van der Waals surface area contributed by atoms with Crippen molar-refractivity contribution in [3.05, 3.63) is 82.6 Å². The van der Waals surface area contributed by atoms with Gasteiger partial charge in [0.15, 0.2) is 6.54 Å². The molecule has 1 atom stereocenters. The topological polar surface area (TPSA) is 302 Å². The zero-order chi connectivity index (χ0) is 55.8. The van der Waals surface area contributed by atoms with Gasteiger partial charge in [-0.3, -0.25) is 4.79 Å². The van der Waals surface area contributed by atoms with Gasteiger partial charge in [0.1, 0.15) is 34.8 Å². The van der Waals surface area contributed by atoms with E-state index in [-0.39, 0.29) is 104 Å². The van der Waals surface area contributed by atoms with Gasteiger partial charge in [0.2, 0.25) is 5.36 Å². The number of allylic oxidation sites excluding steroid dienone is 3. The summed E-state index contributed by atoms with van der Waals surface area (Å²) in [4.78, 5) is 12.0. The zero-order valence-corrected chi connectivity index (χ0v) is 46.5. The molecule has 0 fully saturated rings. The smallest absolute Gasteiger partial charge is 0.305 e. The first-order chi connectivity index (χ1) is 35.9. The molecule has 1 unspecified atom stereocenters. The van der Waals surface area contributed by atoms with Gasteiger partial charge >= 0.3 is 5.97 Å². The number of carboxylic acids is 1. The average molecular weight is 1130 g/mol. The molecule has 1 aromatic carbocycles. The van der Waals surface area contributed by atoms with Crippen molar-refractivity contribution in [3.8, 4) is 11.3 Å². The molecular formula is C51H74N2O20S3-2. The second-order valence-electron chi connectivity index (χ2n) is 18.9. The number of rotatable bonds is 38. The predicted molar refractivity (Wildman–Crippen MR) is 278 cm³/mol. The van der Waals surface area contributed by atoms with E-state index >= 15 is 0 Å². The van der Waals surface area contributed by atoms with Crippen molar-refractivity contribution >= 4 is 48.1 Å². The van der Waals surface area contributed by atoms with Gasteiger partial charge in [-0.15, -0.1) is 0 Å². The van der Waals surface area contributed by atoms with Gasteiger partial charge in [0.05, 0.1) is 130 Å². The summed E-state index contributed by atoms with van der Waals surface area (Å²) in [6.45, 7) is 13.3. The largest absolute Gasteiger partial charge is 0.748 e. The highest BCUT2D eigenvalue weighted by Crippen LogP contribution is 2.51. The van der Waals surface area contributed by atoms with E-state index in [1.165, 1.54) is 18.2 Å². The maximum absolute atomic E-state index is 12.3. The van der Waals surface area contributed by atoms with Crippen LogP contribution in [0.5, 0.6) is 0 Å². The third-order valence-corrected chi connectivity index (χ3v) is 14.5. The van der Waals surface area contributed by atoms with Crippen molar-refractivity contribution in [3.63, 3.8) is 0 Å². The maximum Gasteiger partial charge on any atom is 0.305 e. The molecule has 0 amide bonds. The summed E-state index contributed by atoms with van der Waals surface area (Å²) in [7, 11) is -12.4. The highest BCUT2D eigenvalue weighted by atomic mass is 32.2. The standard InChI is InChI=1S/C51H76N2O20S3/c1-50(2,3)44-38-41(73-47-37-40(11-13-43(44)47)52(17-8-36-75(59,60)61)18-21-67-26-29-71-32-31-69-24-23-65-5)9-6-10-48-51(4,16-7-35-74(56,57)58)45-39-42(76(62,63)64)12-14-46(45)53(48)19-22-68-27-30-72-34-33-70-28-25-66-20-15-49(54)55/h6,9-14,37-39H,7-8,15-36H2,1-5H3,(H3-,54,55,56,57,58,59,60,61,62,63,64)/p-2. The molecule has 2 heterocycles. The quantitative estimate of drug-likeness (QED) is 0.0487. The van der Waals surface area contributed by atoms with Crippen LogP contribution in [0.1, 0.15) is 70.3 Å². The zero-order valence-electron chi connectivity index (χ0n) is 44.1. The van der Waals surface area contributed by atoms with E-state index in [4.69, 9.17) is 47.4 Å². The highest BCUT2D eigenvalue weighted by Gasteiger charge is 2.43. The van der Waals surface area contributed by atoms with Crippen molar-refractivity contribution in [1.82, 2.24) is 4.58 Å². The minimum absolute atomic E-state index is 0.0757. The number of nitrogens with zero attached hydrogens (tertiary/aromatic N) is 2. The number of aliphatic carboxylic acids is 1. The molecule has 1 aliphatic carbocycles. The number of carbonyl (C=O) groups is 1. The fraction of sp³-hybridized carbons (Fsp3) is 0.608. The molecular weight excluding hydrogens is 1060 g/mol. The van der Waals surface area contributed by atoms with Gasteiger partial charge < -0.3 is 66.0 Å². The minimum Gasteiger partial charge on any atom is -0.748 e. The van der Waals surface area contributed by atoms with Crippen LogP contribution < -0.4 is 14.8 Å². The Kier molecular flexibility index (Phi) is 26.6. The normalized spacial score (nSPS) is 16.4. The van der Waals surface area contributed by atoms with Gasteiger partial charge in [0.25, 0.3) is 0 Å². The van der Waals surface area contributed by atoms with E-state index in [1.807, 2.05) is 33.7 Å². The number of anilines is 1. The van der Waals surface area contributed by atoms with Crippen molar-refractivity contribution in [2.45, 2.75) is 69.1 Å². The molecule has 428 valence electrons. The van der Waals surface area contributed by atoms with Crippen molar-refractivity contribution < 1.29 is 91.1 Å². The molecule has 1 N–H and O–H groups in total. The number of benzene rings is 2. The van der Waals surface area contributed by atoms with Gasteiger partial charge in [-0.1, -0.05) is 26.8 Å². The Labute approximate surface area is 447 Å². The lowest BCUT2D eigenvalue weighted by atomic mass is 9.77. The van der Waals surface area contributed by atoms with E-state index in [9.17, 15) is 43.7 Å². The molecule has 1 aromatic rings. The number of hydrogen-bond donors (Lipinski definition) is 1. The van der Waals surface area contributed by atoms with E-state index in [0.717, 1.165) is 11.1 Å². The van der Waals surface area contributed by atoms with Gasteiger partial charge in [-0.2, -0.15) is 0 Å². The molecule has 76 heavy (non-hydrogen) atoms. The molecule has 0 spiro atoms. The Morgan fingerprint density at radius 2 is 1.26 bits per heavy atom. The lowest BCUT2D eigenvalue weighted by Crippen LogP contribution is -2.35. The van der Waals surface area contributed by atoms with Crippen LogP contribution in [0.15, 0.2) is 69.6 Å². The van der Waals surface area contributed by atoms with E-state index in [2.05, 4.69) is 20.8 Å². The fourth-order valence-electron chi connectivity index (χ4n) is 8.36. The van der Waals surface area contributed by atoms with Crippen LogP contribution in [0.4, 0.5) is 5.69 Å². The Morgan fingerprint density at radius 3 is 1.82 bits per heavy atom. The molecule has 0 saturated carbocycles. The first-order valence-electron chi connectivity index (χ1n) is 25.0. The summed E-state index contributed by atoms with van der Waals surface area (Å²) in [6, 6.07) is 11.6. The second-order valence-corrected chi connectivity index (χ2v) is 23.3. The summed E-state index contributed by atoms with van der Waals surface area (Å²) in [5.41, 5.74) is 1.88. The van der Waals surface area contributed by atoms with Crippen LogP contribution in [0.3, 0.4) is 0 Å². The molecule has 0 saturated heterocycles. The van der Waals surface area contributed by atoms with E-state index in [1.54, 1.807) is 32.3 Å². The summed E-state index contributed by atoms with van der Waals surface area (Å²) in [6.07, 6.45) is 5.27. The SMILES string of the molecule is COCCOCCOCCOCC[N+](CCCS(=O)(=O)[O-])=c1ccc2c(C(C)(C)C)cc(/C=C/C=C3/N(CCOCCOCCOCCOCCC(=O)O)c4ccc(S(=O)(=O)[O-])cc4C3(C)CCCS(=O)(=O)[O-])oc-2c1. The predicted octanol–water partition coefficient (Wildman–Crippen LogP) is 3.53. The van der Waals surface area contributed by atoms with Gasteiger partial charge in [-0.25, -0.2) is 29.8 Å². The van der Waals surface area contributed by atoms with Gasteiger partial charge in [-0.05, 0) is 78.8 Å². The summed E-state index contributed by atoms with van der Waals surface area (Å²) in [5, 5.41) is 9.38. The lowest BCUT2D eigenvalue weighted by Gasteiger charge is -2.30. The van der Waals surface area contributed by atoms with Crippen LogP contribution in [0, 0.1) is 0 Å². The fourth-order valence-corrected chi connectivity index (χ4v) is 9.84. The molecule has 0 aromatic heterocycles. The van der Waals surface area contributed by atoms with Crippen LogP contribution in [-0.4, -0.2) is 187 Å². The number of ether oxygens (including phenoxy) is 8. The Bertz CT molecular complexity index is 2740. The second kappa shape index (κ2) is 31.4. The number of hydrogen-bond acceptors (Lipinski definition) is 20. The van der Waals surface area contributed by atoms with E-state index in [0.29, 0.717) is 80.0 Å². The monoisotopic (exact) mass is 1130 g/mol. The minimum atomic E-state index is -4.91. The van der Waals surface area contributed by atoms with Crippen LogP contribution >= 0.6 is 0 Å². The highest BCUT2D eigenvalue weighted by molar-refractivity contribution is 7.86. The van der Waals surface area contributed by atoms with Crippen molar-refractivity contribution in [2.24, 2.45) is 0 Å². The summed E-state index contributed by atoms with van der Waals surface area (Å²) in [5.74, 6) is -1.20. The number of carboxylic acid groups (broad SMARTS) is 1. The van der Waals surface area contributed by atoms with Crippen molar-refractivity contribution in [1.29, 1.82) is 0 Å². The molecule has 4 rings (SSSR count). The maximum atomic E-state index is 12.3. The van der Waals surface area contributed by atoms with Crippen LogP contribution in [-0.2, 0) is 83.9 Å². The molecule has 2 aliphatic heterocycles. The molecule has 3 aliphatic rings. The van der Waals surface area contributed by atoms with Crippen LogP contribution in [0.2, 0.25) is 0 Å². The third-order valence-electron chi connectivity index (χ3n) is 12.1. The Hall–Kier alpha value is -4.19. The number of methoxy groups -OCH3 is 1. The third kappa shape index (κ3) is 22.6. The summed E-state index contributed by atoms with van der Waals surface area (Å²) < 4.78 is 160. The van der Waals surface area contributed by atoms with E-state index < -0.39 is 58.1 Å². The Balaban J connectivity index is 1.64. The first kappa shape index (κ1) is 64.3. The van der Waals surface area contributed by atoms with Crippen LogP contribution in [0.25, 0.3) is 17.4 Å². The lowest BCUT2D eigenvalue weighted by molar-refractivity contribution is -0.138. The molecule has 0 bridgehead atoms. The molecule has 22 nitrogen and oxygen atoms in total. The molecule has 25 heteroatoms. The number of fused-ring (bicyclic) bond motifs is 2.